The predicted molar refractivity (Wildman–Crippen MR) is 52.9 cm³/mol. The van der Waals surface area contributed by atoms with Crippen molar-refractivity contribution in [2.24, 2.45) is 0 Å². The third-order valence-electron chi connectivity index (χ3n) is 1.57. The number of nitrogens with one attached hydrogen (secondary N) is 2. The van der Waals surface area contributed by atoms with E-state index in [2.05, 4.69) is 17.2 Å². The molecule has 0 radical (unpaired) electrons. The molecule has 5 nitrogen and oxygen atoms in total. The van der Waals surface area contributed by atoms with Gasteiger partial charge in [-0.1, -0.05) is 13.0 Å². The highest BCUT2D eigenvalue weighted by molar-refractivity contribution is 5.84. The number of carboxylic acids is 1. The summed E-state index contributed by atoms with van der Waals surface area (Å²) < 4.78 is 0. The van der Waals surface area contributed by atoms with Gasteiger partial charge in [0.25, 0.3) is 0 Å². The van der Waals surface area contributed by atoms with Crippen LogP contribution in [0, 0.1) is 0 Å². The summed E-state index contributed by atoms with van der Waals surface area (Å²) >= 11 is 0. The van der Waals surface area contributed by atoms with E-state index < -0.39 is 12.0 Å². The van der Waals surface area contributed by atoms with Gasteiger partial charge in [-0.05, 0) is 13.0 Å². The van der Waals surface area contributed by atoms with Crippen LogP contribution in [0.3, 0.4) is 0 Å². The van der Waals surface area contributed by atoms with Gasteiger partial charge < -0.3 is 15.7 Å². The van der Waals surface area contributed by atoms with Crippen LogP contribution in [0.15, 0.2) is 12.7 Å². The molecule has 80 valence electrons. The summed E-state index contributed by atoms with van der Waals surface area (Å²) in [5.41, 5.74) is 0. The smallest absolute Gasteiger partial charge is 0.326 e. The van der Waals surface area contributed by atoms with E-state index in [1.54, 1.807) is 0 Å². The molecule has 5 heteroatoms. The Morgan fingerprint density at radius 2 is 2.21 bits per heavy atom. The lowest BCUT2D eigenvalue weighted by Gasteiger charge is -2.12. The lowest BCUT2D eigenvalue weighted by molar-refractivity contribution is -0.141. The first-order valence-corrected chi connectivity index (χ1v) is 4.45. The van der Waals surface area contributed by atoms with Gasteiger partial charge in [0.15, 0.2) is 0 Å². The van der Waals surface area contributed by atoms with Crippen molar-refractivity contribution in [3.8, 4) is 0 Å². The Balaban J connectivity index is 3.95. The van der Waals surface area contributed by atoms with Gasteiger partial charge in [-0.2, -0.15) is 0 Å². The lowest BCUT2D eigenvalue weighted by Crippen LogP contribution is -2.44. The third kappa shape index (κ3) is 5.31. The molecule has 1 atom stereocenters. The molecular formula is C9H16N2O3. The highest BCUT2D eigenvalue weighted by atomic mass is 16.4. The minimum absolute atomic E-state index is 0.136. The molecule has 0 aliphatic heterocycles. The van der Waals surface area contributed by atoms with Crippen molar-refractivity contribution in [3.63, 3.8) is 0 Å². The fourth-order valence-electron chi connectivity index (χ4n) is 0.872. The standard InChI is InChI=1S/C9H16N2O3/c1-3-5-7(9(13)14)11-8(12)6-10-4-2/h3,7,10H,1,4-6H2,2H3,(H,11,12)(H,13,14). The van der Waals surface area contributed by atoms with Crippen LogP contribution >= 0.6 is 0 Å². The van der Waals surface area contributed by atoms with E-state index in [-0.39, 0.29) is 18.9 Å². The second-order valence-corrected chi connectivity index (χ2v) is 2.76. The van der Waals surface area contributed by atoms with Crippen LogP contribution in [-0.4, -0.2) is 36.1 Å². The summed E-state index contributed by atoms with van der Waals surface area (Å²) in [4.78, 5) is 21.7. The average molecular weight is 200 g/mol. The van der Waals surface area contributed by atoms with Crippen LogP contribution in [0.5, 0.6) is 0 Å². The number of carboxylic acid groups (broad SMARTS) is 1. The van der Waals surface area contributed by atoms with Crippen molar-refractivity contribution >= 4 is 11.9 Å². The predicted octanol–water partition coefficient (Wildman–Crippen LogP) is -0.259. The van der Waals surface area contributed by atoms with Crippen LogP contribution in [0.1, 0.15) is 13.3 Å². The average Bonchev–Trinajstić information content (AvgIpc) is 2.14. The summed E-state index contributed by atoms with van der Waals surface area (Å²) in [5, 5.41) is 13.9. The molecule has 0 aromatic rings. The maximum Gasteiger partial charge on any atom is 0.326 e. The maximum absolute atomic E-state index is 11.1. The molecular weight excluding hydrogens is 184 g/mol. The van der Waals surface area contributed by atoms with E-state index in [0.717, 1.165) is 0 Å². The Bertz CT molecular complexity index is 216. The molecule has 0 fully saturated rings. The number of carbonyl (C=O) groups is 2. The minimum Gasteiger partial charge on any atom is -0.480 e. The summed E-state index contributed by atoms with van der Waals surface area (Å²) in [6.07, 6.45) is 1.69. The quantitative estimate of drug-likeness (QED) is 0.495. The topological polar surface area (TPSA) is 78.4 Å². The second-order valence-electron chi connectivity index (χ2n) is 2.76. The molecule has 0 saturated heterocycles. The van der Waals surface area contributed by atoms with Crippen LogP contribution in [0.4, 0.5) is 0 Å². The van der Waals surface area contributed by atoms with E-state index in [1.807, 2.05) is 6.92 Å². The molecule has 0 aliphatic carbocycles. The Morgan fingerprint density at radius 1 is 1.57 bits per heavy atom. The molecule has 14 heavy (non-hydrogen) atoms. The largest absolute Gasteiger partial charge is 0.480 e. The Hall–Kier alpha value is -1.36. The Morgan fingerprint density at radius 3 is 2.64 bits per heavy atom. The zero-order valence-electron chi connectivity index (χ0n) is 8.25. The first-order chi connectivity index (χ1) is 6.61. The molecule has 0 aromatic carbocycles. The molecule has 0 rings (SSSR count). The fourth-order valence-corrected chi connectivity index (χ4v) is 0.872. The van der Waals surface area contributed by atoms with Crippen molar-refractivity contribution in [1.82, 2.24) is 10.6 Å². The van der Waals surface area contributed by atoms with Crippen LogP contribution in [-0.2, 0) is 9.59 Å². The molecule has 0 saturated carbocycles. The number of aliphatic carboxylic acids is 1. The van der Waals surface area contributed by atoms with Gasteiger partial charge in [0, 0.05) is 0 Å². The molecule has 1 unspecified atom stereocenters. The Kier molecular flexibility index (Phi) is 6.39. The molecule has 0 spiro atoms. The highest BCUT2D eigenvalue weighted by Gasteiger charge is 2.17. The van der Waals surface area contributed by atoms with Crippen LogP contribution < -0.4 is 10.6 Å². The maximum atomic E-state index is 11.1. The van der Waals surface area contributed by atoms with E-state index in [0.29, 0.717) is 6.54 Å². The summed E-state index contributed by atoms with van der Waals surface area (Å²) in [6, 6.07) is -0.876. The molecule has 0 aliphatic rings. The summed E-state index contributed by atoms with van der Waals surface area (Å²) in [6.45, 7) is 6.10. The molecule has 0 aromatic heterocycles. The number of carbonyl (C=O) groups excluding carboxylic acids is 1. The fraction of sp³-hybridized carbons (Fsp3) is 0.556. The first kappa shape index (κ1) is 12.6. The van der Waals surface area contributed by atoms with E-state index >= 15 is 0 Å². The zero-order valence-corrected chi connectivity index (χ0v) is 8.25. The number of rotatable bonds is 7. The number of hydrogen-bond acceptors (Lipinski definition) is 3. The molecule has 1 amide bonds. The van der Waals surface area contributed by atoms with Gasteiger partial charge >= 0.3 is 5.97 Å². The summed E-state index contributed by atoms with van der Waals surface area (Å²) in [7, 11) is 0. The molecule has 0 heterocycles. The SMILES string of the molecule is C=CCC(NC(=O)CNCC)C(=O)O. The van der Waals surface area contributed by atoms with Crippen molar-refractivity contribution < 1.29 is 14.7 Å². The van der Waals surface area contributed by atoms with Crippen LogP contribution in [0.2, 0.25) is 0 Å². The second kappa shape index (κ2) is 7.08. The van der Waals surface area contributed by atoms with Gasteiger partial charge in [0.05, 0.1) is 6.54 Å². The highest BCUT2D eigenvalue weighted by Crippen LogP contribution is 1.92. The summed E-state index contributed by atoms with van der Waals surface area (Å²) in [5.74, 6) is -1.36. The number of likely N-dealkylation sites (N-methyl/N-ethyl adjacent to an activating group) is 1. The van der Waals surface area contributed by atoms with E-state index in [1.165, 1.54) is 6.08 Å². The van der Waals surface area contributed by atoms with Crippen molar-refractivity contribution in [3.05, 3.63) is 12.7 Å². The van der Waals surface area contributed by atoms with E-state index in [9.17, 15) is 9.59 Å². The molecule has 3 N–H and O–H groups in total. The van der Waals surface area contributed by atoms with Crippen LogP contribution in [0.25, 0.3) is 0 Å². The van der Waals surface area contributed by atoms with Gasteiger partial charge in [-0.25, -0.2) is 4.79 Å². The van der Waals surface area contributed by atoms with Crippen molar-refractivity contribution in [1.29, 1.82) is 0 Å². The third-order valence-corrected chi connectivity index (χ3v) is 1.57. The minimum atomic E-state index is -1.05. The van der Waals surface area contributed by atoms with Crippen molar-refractivity contribution in [2.75, 3.05) is 13.1 Å². The Labute approximate surface area is 83.2 Å². The lowest BCUT2D eigenvalue weighted by atomic mass is 10.2. The number of amides is 1. The van der Waals surface area contributed by atoms with Gasteiger partial charge in [-0.3, -0.25) is 4.79 Å². The zero-order chi connectivity index (χ0) is 11.0. The monoisotopic (exact) mass is 200 g/mol. The molecule has 0 bridgehead atoms. The van der Waals surface area contributed by atoms with Gasteiger partial charge in [0.1, 0.15) is 6.04 Å². The van der Waals surface area contributed by atoms with Crippen molar-refractivity contribution in [2.45, 2.75) is 19.4 Å². The first-order valence-electron chi connectivity index (χ1n) is 4.45. The number of hydrogen-bond donors (Lipinski definition) is 3. The normalized spacial score (nSPS) is 11.8. The van der Waals surface area contributed by atoms with Gasteiger partial charge in [0.2, 0.25) is 5.91 Å². The van der Waals surface area contributed by atoms with E-state index in [4.69, 9.17) is 5.11 Å². The van der Waals surface area contributed by atoms with Gasteiger partial charge in [-0.15, -0.1) is 6.58 Å².